The van der Waals surface area contributed by atoms with E-state index in [0.717, 1.165) is 5.56 Å². The van der Waals surface area contributed by atoms with Crippen LogP contribution in [0.15, 0.2) is 48.9 Å². The minimum atomic E-state index is -1.35. The Balaban J connectivity index is 1.56. The zero-order chi connectivity index (χ0) is 27.9. The number of nitrogens with one attached hydrogen (secondary N) is 2. The normalized spacial score (nSPS) is 21.2. The second kappa shape index (κ2) is 12.8. The summed E-state index contributed by atoms with van der Waals surface area (Å²) in [7, 11) is 0.295. The van der Waals surface area contributed by atoms with Crippen LogP contribution in [-0.2, 0) is 34.9 Å². The third-order valence-electron chi connectivity index (χ3n) is 6.63. The lowest BCUT2D eigenvalue weighted by molar-refractivity contribution is -0.166. The Hall–Kier alpha value is -3.84. The van der Waals surface area contributed by atoms with Gasteiger partial charge in [-0.2, -0.15) is 0 Å². The van der Waals surface area contributed by atoms with E-state index in [1.54, 1.807) is 11.9 Å². The van der Waals surface area contributed by atoms with Gasteiger partial charge >= 0.3 is 19.1 Å². The number of hydrogen-bond acceptors (Lipinski definition) is 10. The Morgan fingerprint density at radius 1 is 1.05 bits per heavy atom. The molecule has 2 aromatic rings. The number of likely N-dealkylation sites (N-methyl/N-ethyl adjacent to an activating group) is 1. The summed E-state index contributed by atoms with van der Waals surface area (Å²) in [4.78, 5) is 61.9. The Labute approximate surface area is 226 Å². The van der Waals surface area contributed by atoms with Gasteiger partial charge in [0.15, 0.2) is 0 Å². The monoisotopic (exact) mass is 537 g/mol. The molecule has 1 aromatic carbocycles. The molecule has 2 aliphatic rings. The summed E-state index contributed by atoms with van der Waals surface area (Å²) in [5.41, 5.74) is 0.875. The van der Waals surface area contributed by atoms with E-state index < -0.39 is 54.9 Å². The van der Waals surface area contributed by atoms with Crippen LogP contribution in [0.5, 0.6) is 0 Å². The van der Waals surface area contributed by atoms with Crippen LogP contribution < -0.4 is 10.6 Å². The molecule has 4 rings (SSSR count). The van der Waals surface area contributed by atoms with Crippen LogP contribution in [0.3, 0.4) is 0 Å². The van der Waals surface area contributed by atoms with E-state index in [-0.39, 0.29) is 31.2 Å². The summed E-state index contributed by atoms with van der Waals surface area (Å²) in [6.45, 7) is 4.03. The van der Waals surface area contributed by atoms with Crippen molar-refractivity contribution in [1.29, 1.82) is 0 Å². The van der Waals surface area contributed by atoms with E-state index in [9.17, 15) is 19.2 Å². The molecule has 12 nitrogen and oxygen atoms in total. The van der Waals surface area contributed by atoms with Crippen LogP contribution in [0.4, 0.5) is 0 Å². The predicted molar refractivity (Wildman–Crippen MR) is 139 cm³/mol. The highest BCUT2D eigenvalue weighted by Crippen LogP contribution is 2.21. The summed E-state index contributed by atoms with van der Waals surface area (Å²) in [5, 5.41) is 5.60. The lowest BCUT2D eigenvalue weighted by Crippen LogP contribution is -2.64. The van der Waals surface area contributed by atoms with Crippen molar-refractivity contribution in [1.82, 2.24) is 25.5 Å². The fourth-order valence-electron chi connectivity index (χ4n) is 4.52. The first-order valence-electron chi connectivity index (χ1n) is 12.8. The molecule has 2 N–H and O–H groups in total. The molecular weight excluding hydrogens is 505 g/mol. The van der Waals surface area contributed by atoms with E-state index in [4.69, 9.17) is 14.0 Å². The first-order valence-corrected chi connectivity index (χ1v) is 12.8. The van der Waals surface area contributed by atoms with Crippen LogP contribution >= 0.6 is 0 Å². The maximum absolute atomic E-state index is 13.6. The van der Waals surface area contributed by atoms with E-state index in [1.807, 2.05) is 44.2 Å². The fraction of sp³-hybridized carbons (Fsp3) is 0.462. The topological polar surface area (TPSA) is 149 Å². The summed E-state index contributed by atoms with van der Waals surface area (Å²) in [6.07, 6.45) is 4.66. The molecule has 0 saturated carbocycles. The second-order valence-corrected chi connectivity index (χ2v) is 10.0. The van der Waals surface area contributed by atoms with Gasteiger partial charge in [-0.1, -0.05) is 44.2 Å². The van der Waals surface area contributed by atoms with E-state index in [0.29, 0.717) is 6.42 Å². The van der Waals surface area contributed by atoms with Gasteiger partial charge in [0.1, 0.15) is 23.8 Å². The van der Waals surface area contributed by atoms with Gasteiger partial charge < -0.3 is 24.7 Å². The van der Waals surface area contributed by atoms with E-state index >= 15 is 0 Å². The summed E-state index contributed by atoms with van der Waals surface area (Å²) in [5.74, 6) is -3.14. The summed E-state index contributed by atoms with van der Waals surface area (Å²) < 4.78 is 16.6. The highest BCUT2D eigenvalue weighted by atomic mass is 16.6. The lowest BCUT2D eigenvalue weighted by atomic mass is 9.73. The Morgan fingerprint density at radius 3 is 2.31 bits per heavy atom. The molecule has 39 heavy (non-hydrogen) atoms. The van der Waals surface area contributed by atoms with Crippen LogP contribution in [-0.4, -0.2) is 90.1 Å². The number of carbonyl (C=O) groups excluding carboxylic acids is 4. The van der Waals surface area contributed by atoms with Crippen molar-refractivity contribution >= 4 is 30.9 Å². The molecule has 2 bridgehead atoms. The van der Waals surface area contributed by atoms with Crippen molar-refractivity contribution in [2.45, 2.75) is 50.8 Å². The first kappa shape index (κ1) is 28.2. The molecule has 1 aromatic heterocycles. The number of carbonyl (C=O) groups is 4. The van der Waals surface area contributed by atoms with Gasteiger partial charge in [0, 0.05) is 18.8 Å². The van der Waals surface area contributed by atoms with E-state index in [1.165, 1.54) is 18.6 Å². The number of ether oxygens (including phenoxy) is 1. The number of rotatable bonds is 9. The number of nitrogens with zero attached hydrogens (tertiary/aromatic N) is 3. The molecule has 3 heterocycles. The molecule has 206 valence electrons. The molecule has 0 aliphatic carbocycles. The zero-order valence-corrected chi connectivity index (χ0v) is 22.1. The van der Waals surface area contributed by atoms with Crippen LogP contribution in [0, 0.1) is 5.92 Å². The van der Waals surface area contributed by atoms with Gasteiger partial charge in [0.05, 0.1) is 25.4 Å². The lowest BCUT2D eigenvalue weighted by Gasteiger charge is -2.40. The smallest absolute Gasteiger partial charge is 0.497 e. The number of fused-ring (bicyclic) bond motifs is 2. The van der Waals surface area contributed by atoms with Crippen molar-refractivity contribution in [3.05, 3.63) is 60.2 Å². The number of aromatic nitrogens is 2. The highest BCUT2D eigenvalue weighted by molar-refractivity contribution is 6.51. The minimum Gasteiger partial charge on any atom is -0.497 e. The van der Waals surface area contributed by atoms with Crippen LogP contribution in [0.1, 0.15) is 36.3 Å². The van der Waals surface area contributed by atoms with Gasteiger partial charge in [-0.25, -0.2) is 4.98 Å². The summed E-state index contributed by atoms with van der Waals surface area (Å²) in [6, 6.07) is 6.66. The molecule has 2 fully saturated rings. The number of amides is 2. The van der Waals surface area contributed by atoms with Gasteiger partial charge in [0.25, 0.3) is 5.91 Å². The summed E-state index contributed by atoms with van der Waals surface area (Å²) >= 11 is 0. The standard InChI is InChI=1S/C26H32BN5O7/c1-16(2)11-22(27-38-25(35)20-14-37-15-21(32(20)3)26(36)39-27)31-23(33)18(12-17-7-5-4-6-8-17)30-24(34)19-13-28-9-10-29-19/h4-10,13,16,18,20-22H,11-12,14-15H2,1-3H3,(H,30,34)(H,31,33)/t18?,20-,21-,22-/m0/s1. The Morgan fingerprint density at radius 2 is 1.72 bits per heavy atom. The number of hydrogen-bond donors (Lipinski definition) is 2. The molecule has 2 aliphatic heterocycles. The maximum atomic E-state index is 13.6. The molecule has 4 atom stereocenters. The number of benzene rings is 1. The van der Waals surface area contributed by atoms with Gasteiger partial charge in [0.2, 0.25) is 5.91 Å². The molecule has 2 amide bonds. The third-order valence-corrected chi connectivity index (χ3v) is 6.63. The minimum absolute atomic E-state index is 0.0467. The largest absolute Gasteiger partial charge is 0.622 e. The van der Waals surface area contributed by atoms with Crippen molar-refractivity contribution in [2.75, 3.05) is 20.3 Å². The van der Waals surface area contributed by atoms with E-state index in [2.05, 4.69) is 20.6 Å². The molecule has 1 unspecified atom stereocenters. The Kier molecular flexibility index (Phi) is 9.26. The van der Waals surface area contributed by atoms with Crippen molar-refractivity contribution in [3.8, 4) is 0 Å². The average Bonchev–Trinajstić information content (AvgIpc) is 2.92. The Bertz CT molecular complexity index is 1140. The van der Waals surface area contributed by atoms with Crippen LogP contribution in [0.25, 0.3) is 0 Å². The third kappa shape index (κ3) is 7.18. The van der Waals surface area contributed by atoms with Crippen molar-refractivity contribution < 1.29 is 33.2 Å². The fourth-order valence-corrected chi connectivity index (χ4v) is 4.52. The quantitative estimate of drug-likeness (QED) is 0.424. The molecule has 13 heteroatoms. The van der Waals surface area contributed by atoms with Crippen molar-refractivity contribution in [3.63, 3.8) is 0 Å². The maximum Gasteiger partial charge on any atom is 0.622 e. The SMILES string of the molecule is CC(C)C[C@H](NC(=O)C(Cc1ccccc1)NC(=O)c1cnccn1)B1OC(=O)[C@@H]2COC[C@@H](C(=O)O1)N2C. The van der Waals surface area contributed by atoms with Gasteiger partial charge in [-0.3, -0.25) is 29.1 Å². The molecular formula is C26H32BN5O7. The number of morpholine rings is 1. The average molecular weight is 537 g/mol. The molecule has 0 spiro atoms. The molecule has 0 radical (unpaired) electrons. The van der Waals surface area contributed by atoms with Crippen LogP contribution in [0.2, 0.25) is 0 Å². The first-order chi connectivity index (χ1) is 18.7. The molecule has 2 saturated heterocycles. The highest BCUT2D eigenvalue weighted by Gasteiger charge is 2.48. The van der Waals surface area contributed by atoms with Gasteiger partial charge in [-0.05, 0) is 24.9 Å². The predicted octanol–water partition coefficient (Wildman–Crippen LogP) is 0.175. The van der Waals surface area contributed by atoms with Crippen molar-refractivity contribution in [2.24, 2.45) is 5.92 Å². The van der Waals surface area contributed by atoms with Gasteiger partial charge in [-0.15, -0.1) is 0 Å². The second-order valence-electron chi connectivity index (χ2n) is 10.0. The zero-order valence-electron chi connectivity index (χ0n) is 22.1.